The van der Waals surface area contributed by atoms with E-state index in [0.29, 0.717) is 0 Å². The number of hydrogen-bond acceptors (Lipinski definition) is 1. The number of halogens is 10. The topological polar surface area (TPSA) is 17.1 Å². The van der Waals surface area contributed by atoms with E-state index in [1.807, 2.05) is 0 Å². The first-order valence-electron chi connectivity index (χ1n) is 3.88. The Bertz CT molecular complexity index is 80.0. The van der Waals surface area contributed by atoms with E-state index in [-0.39, 0.29) is 32.5 Å². The first kappa shape index (κ1) is 37.6. The van der Waals surface area contributed by atoms with Gasteiger partial charge in [0.05, 0.1) is 26.7 Å². The van der Waals surface area contributed by atoms with Crippen molar-refractivity contribution in [2.45, 2.75) is 13.8 Å². The maximum Gasteiger partial charge on any atom is 0.126 e. The maximum absolute atomic E-state index is 9.44. The summed E-state index contributed by atoms with van der Waals surface area (Å²) in [7, 11) is 0. The molecular weight excluding hydrogens is 467 g/mol. The van der Waals surface area contributed by atoms with Crippen LogP contribution in [0.1, 0.15) is 13.8 Å². The van der Waals surface area contributed by atoms with E-state index in [1.54, 1.807) is 0 Å². The molecule has 0 spiro atoms. The zero-order chi connectivity index (χ0) is 17.1. The van der Waals surface area contributed by atoms with Gasteiger partial charge in [-0.1, -0.05) is 0 Å². The Labute approximate surface area is 166 Å². The van der Waals surface area contributed by atoms with Gasteiger partial charge < -0.3 is 4.79 Å². The Hall–Kier alpha value is 2.57. The monoisotopic (exact) mass is 478 g/mol. The third-order valence-corrected chi connectivity index (χ3v) is 0. The molecule has 0 atom stereocenters. The van der Waals surface area contributed by atoms with Crippen molar-refractivity contribution in [2.75, 3.05) is 26.7 Å². The summed E-state index contributed by atoms with van der Waals surface area (Å²) in [6.07, 6.45) is 0. The van der Waals surface area contributed by atoms with E-state index in [2.05, 4.69) is 0 Å². The normalized spacial score (nSPS) is 6.11. The van der Waals surface area contributed by atoms with E-state index in [0.717, 1.165) is 0 Å². The van der Waals surface area contributed by atoms with Crippen LogP contribution < -0.4 is 0 Å². The van der Waals surface area contributed by atoms with Gasteiger partial charge in [-0.2, -0.15) is 0 Å². The fourth-order valence-corrected chi connectivity index (χ4v) is 0. The van der Waals surface area contributed by atoms with Gasteiger partial charge >= 0.3 is 0 Å². The molecule has 0 N–H and O–H groups in total. The van der Waals surface area contributed by atoms with Crippen molar-refractivity contribution in [2.24, 2.45) is 0 Å². The minimum atomic E-state index is 0.167. The van der Waals surface area contributed by atoms with Gasteiger partial charge in [-0.3, -0.25) is 0 Å². The Morgan fingerprint density at radius 2 is 0.526 bits per heavy atom. The van der Waals surface area contributed by atoms with Gasteiger partial charge in [0.1, 0.15) is 5.78 Å². The molecule has 0 radical (unpaired) electrons. The molecule has 0 aromatic carbocycles. The second-order valence-corrected chi connectivity index (χ2v) is 5.45. The number of rotatable bonds is 0. The number of alkyl halides is 10. The third-order valence-electron chi connectivity index (χ3n) is 0. The lowest BCUT2D eigenvalue weighted by Gasteiger charge is -1.56. The minimum Gasteiger partial charge on any atom is -0.300 e. The highest BCUT2D eigenvalue weighted by molar-refractivity contribution is 6.41. The fraction of sp³-hybridized carbons (Fsp3) is 0.875. The van der Waals surface area contributed by atoms with Gasteiger partial charge in [-0.25, -0.2) is 0 Å². The van der Waals surface area contributed by atoms with Crippen LogP contribution in [0.3, 0.4) is 0 Å². The van der Waals surface area contributed by atoms with Crippen LogP contribution in [-0.4, -0.2) is 32.5 Å². The Morgan fingerprint density at radius 1 is 0.526 bits per heavy atom. The quantitative estimate of drug-likeness (QED) is 0.323. The van der Waals surface area contributed by atoms with Gasteiger partial charge in [0.2, 0.25) is 0 Å². The molecule has 0 aromatic rings. The van der Waals surface area contributed by atoms with Gasteiger partial charge in [0.25, 0.3) is 0 Å². The van der Waals surface area contributed by atoms with Crippen LogP contribution in [0.25, 0.3) is 0 Å². The third kappa shape index (κ3) is 1070. The highest BCUT2D eigenvalue weighted by Gasteiger charge is 1.62. The average molecular weight is 483 g/mol. The fourth-order valence-electron chi connectivity index (χ4n) is 0. The summed E-state index contributed by atoms with van der Waals surface area (Å²) < 4.78 is 0. The van der Waals surface area contributed by atoms with Crippen LogP contribution in [0, 0.1) is 0 Å². The number of Topliss-reactive ketones (excluding diaryl/α,β-unsaturated/α-hetero) is 1. The molecule has 0 saturated carbocycles. The molecule has 0 aliphatic heterocycles. The molecule has 0 fully saturated rings. The number of carbonyl (C=O) groups is 1. The molecule has 0 saturated heterocycles. The standard InChI is InChI=1S/C3H6O.5CH2Cl2/c1-3(2)4;5*2-1-3/h1-2H3;5*1H2. The number of carbonyl (C=O) groups excluding carboxylic acids is 1. The van der Waals surface area contributed by atoms with Crippen LogP contribution in [0.4, 0.5) is 0 Å². The smallest absolute Gasteiger partial charge is 0.126 e. The minimum absolute atomic E-state index is 0.167. The van der Waals surface area contributed by atoms with Gasteiger partial charge in [-0.15, -0.1) is 116 Å². The zero-order valence-electron chi connectivity index (χ0n) is 10.2. The summed E-state index contributed by atoms with van der Waals surface area (Å²) >= 11 is 47.6. The predicted molar refractivity (Wildman–Crippen MR) is 99.2 cm³/mol. The molecule has 0 aliphatic rings. The highest BCUT2D eigenvalue weighted by Crippen LogP contribution is 1.74. The van der Waals surface area contributed by atoms with Crippen molar-refractivity contribution in [1.82, 2.24) is 0 Å². The van der Waals surface area contributed by atoms with Crippen LogP contribution in [0.5, 0.6) is 0 Å². The molecule has 19 heavy (non-hydrogen) atoms. The molecule has 124 valence electrons. The van der Waals surface area contributed by atoms with Crippen LogP contribution >= 0.6 is 116 Å². The van der Waals surface area contributed by atoms with Crippen molar-refractivity contribution in [3.63, 3.8) is 0 Å². The lowest BCUT2D eigenvalue weighted by Crippen LogP contribution is -1.69. The van der Waals surface area contributed by atoms with Crippen molar-refractivity contribution in [3.05, 3.63) is 0 Å². The number of ketones is 1. The summed E-state index contributed by atoms with van der Waals surface area (Å²) in [4.78, 5) is 9.44. The van der Waals surface area contributed by atoms with Gasteiger partial charge in [-0.05, 0) is 13.8 Å². The van der Waals surface area contributed by atoms with Crippen LogP contribution in [0.15, 0.2) is 0 Å². The van der Waals surface area contributed by atoms with Crippen molar-refractivity contribution in [3.8, 4) is 0 Å². The van der Waals surface area contributed by atoms with Crippen molar-refractivity contribution >= 4 is 122 Å². The average Bonchev–Trinajstić information content (AvgIpc) is 2.21. The predicted octanol–water partition coefficient (Wildman–Crippen LogP) is 7.70. The molecular formula is C8H16Cl10O. The second-order valence-electron chi connectivity index (χ2n) is 1.41. The van der Waals surface area contributed by atoms with E-state index in [1.165, 1.54) is 13.8 Å². The summed E-state index contributed by atoms with van der Waals surface area (Å²) in [5, 5.41) is 0.972. The number of hydrogen-bond donors (Lipinski definition) is 0. The molecule has 0 amide bonds. The summed E-state index contributed by atoms with van der Waals surface area (Å²) in [5.41, 5.74) is 0. The van der Waals surface area contributed by atoms with Crippen molar-refractivity contribution in [1.29, 1.82) is 0 Å². The summed E-state index contributed by atoms with van der Waals surface area (Å²) in [6, 6.07) is 0. The lowest BCUT2D eigenvalue weighted by molar-refractivity contribution is -0.114. The van der Waals surface area contributed by atoms with Crippen molar-refractivity contribution < 1.29 is 4.79 Å². The Morgan fingerprint density at radius 3 is 0.526 bits per heavy atom. The molecule has 11 heteroatoms. The molecule has 0 rings (SSSR count). The van der Waals surface area contributed by atoms with Crippen LogP contribution in [0.2, 0.25) is 0 Å². The highest BCUT2D eigenvalue weighted by atomic mass is 35.5. The summed E-state index contributed by atoms with van der Waals surface area (Å²) in [6.45, 7) is 3.06. The van der Waals surface area contributed by atoms with Gasteiger partial charge in [0.15, 0.2) is 0 Å². The lowest BCUT2D eigenvalue weighted by atomic mass is 10.6. The molecule has 0 unspecified atom stereocenters. The molecule has 0 heterocycles. The van der Waals surface area contributed by atoms with Gasteiger partial charge in [0, 0.05) is 0 Å². The molecule has 1 nitrogen and oxygen atoms in total. The van der Waals surface area contributed by atoms with E-state index in [4.69, 9.17) is 116 Å². The Kier molecular flexibility index (Phi) is 140. The largest absolute Gasteiger partial charge is 0.300 e. The SMILES string of the molecule is CC(C)=O.ClCCl.ClCCl.ClCCl.ClCCl.ClCCl. The van der Waals surface area contributed by atoms with Crippen LogP contribution in [-0.2, 0) is 4.79 Å². The molecule has 0 aliphatic carbocycles. The van der Waals surface area contributed by atoms with E-state index < -0.39 is 0 Å². The summed E-state index contributed by atoms with van der Waals surface area (Å²) in [5.74, 6) is 0.167. The Balaban J connectivity index is -0.0000000268. The molecule has 0 aromatic heterocycles. The maximum atomic E-state index is 9.44. The first-order chi connectivity index (χ1) is 8.80. The van der Waals surface area contributed by atoms with E-state index >= 15 is 0 Å². The molecule has 0 bridgehead atoms. The second kappa shape index (κ2) is 70.5. The van der Waals surface area contributed by atoms with E-state index in [9.17, 15) is 4.79 Å². The first-order valence-corrected chi connectivity index (χ1v) is 9.22. The zero-order valence-corrected chi connectivity index (χ0v) is 17.8.